The minimum absolute atomic E-state index is 0.0527. The van der Waals surface area contributed by atoms with E-state index in [1.54, 1.807) is 6.07 Å². The number of amides is 1. The Bertz CT molecular complexity index is 395. The molecule has 0 saturated heterocycles. The van der Waals surface area contributed by atoms with Gasteiger partial charge >= 0.3 is 0 Å². The summed E-state index contributed by atoms with van der Waals surface area (Å²) >= 11 is 0. The van der Waals surface area contributed by atoms with Gasteiger partial charge in [0.2, 0.25) is 0 Å². The Hall–Kier alpha value is -1.51. The first-order valence-electron chi connectivity index (χ1n) is 6.76. The van der Waals surface area contributed by atoms with Crippen LogP contribution in [0.25, 0.3) is 0 Å². The highest BCUT2D eigenvalue weighted by molar-refractivity contribution is 5.99. The maximum absolute atomic E-state index is 12.2. The zero-order valence-electron chi connectivity index (χ0n) is 11.6. The summed E-state index contributed by atoms with van der Waals surface area (Å²) in [5.74, 6) is -0.0527. The molecule has 0 spiro atoms. The number of nitrogen functional groups attached to an aromatic ring is 1. The van der Waals surface area contributed by atoms with E-state index in [0.29, 0.717) is 11.3 Å². The summed E-state index contributed by atoms with van der Waals surface area (Å²) in [4.78, 5) is 12.2. The van der Waals surface area contributed by atoms with Gasteiger partial charge in [-0.25, -0.2) is 0 Å². The fraction of sp³-hybridized carbons (Fsp3) is 0.533. The van der Waals surface area contributed by atoms with Crippen LogP contribution in [-0.4, -0.2) is 11.9 Å². The van der Waals surface area contributed by atoms with Crippen LogP contribution in [-0.2, 0) is 0 Å². The van der Waals surface area contributed by atoms with Crippen molar-refractivity contribution in [2.75, 3.05) is 5.73 Å². The molecule has 3 heteroatoms. The maximum Gasteiger partial charge on any atom is 0.253 e. The third kappa shape index (κ3) is 3.76. The topological polar surface area (TPSA) is 55.1 Å². The van der Waals surface area contributed by atoms with E-state index >= 15 is 0 Å². The van der Waals surface area contributed by atoms with Gasteiger partial charge in [-0.2, -0.15) is 0 Å². The lowest BCUT2D eigenvalue weighted by molar-refractivity contribution is 0.0933. The van der Waals surface area contributed by atoms with Crippen molar-refractivity contribution in [2.45, 2.75) is 52.5 Å². The van der Waals surface area contributed by atoms with Gasteiger partial charge in [-0.15, -0.1) is 0 Å². The van der Waals surface area contributed by atoms with E-state index in [-0.39, 0.29) is 11.9 Å². The van der Waals surface area contributed by atoms with E-state index in [1.807, 2.05) is 19.1 Å². The molecule has 0 aliphatic carbocycles. The zero-order valence-corrected chi connectivity index (χ0v) is 11.6. The lowest BCUT2D eigenvalue weighted by atomic mass is 10.0. The molecule has 0 unspecified atom stereocenters. The summed E-state index contributed by atoms with van der Waals surface area (Å²) in [7, 11) is 0. The average molecular weight is 248 g/mol. The predicted octanol–water partition coefficient (Wildman–Crippen LogP) is 3.28. The highest BCUT2D eigenvalue weighted by Gasteiger charge is 2.15. The smallest absolute Gasteiger partial charge is 0.253 e. The molecule has 0 fully saturated rings. The van der Waals surface area contributed by atoms with Crippen molar-refractivity contribution >= 4 is 11.6 Å². The van der Waals surface area contributed by atoms with Gasteiger partial charge in [-0.05, 0) is 31.4 Å². The van der Waals surface area contributed by atoms with Crippen LogP contribution < -0.4 is 11.1 Å². The summed E-state index contributed by atoms with van der Waals surface area (Å²) in [5.41, 5.74) is 8.07. The van der Waals surface area contributed by atoms with Crippen LogP contribution in [0.5, 0.6) is 0 Å². The largest absolute Gasteiger partial charge is 0.398 e. The number of hydrogen-bond donors (Lipinski definition) is 2. The van der Waals surface area contributed by atoms with Crippen LogP contribution >= 0.6 is 0 Å². The lowest BCUT2D eigenvalue weighted by Gasteiger charge is -2.18. The van der Waals surface area contributed by atoms with Crippen molar-refractivity contribution in [2.24, 2.45) is 0 Å². The van der Waals surface area contributed by atoms with Gasteiger partial charge in [0.15, 0.2) is 0 Å². The first-order valence-corrected chi connectivity index (χ1v) is 6.76. The van der Waals surface area contributed by atoms with E-state index in [4.69, 9.17) is 5.73 Å². The van der Waals surface area contributed by atoms with Crippen molar-refractivity contribution in [3.05, 3.63) is 29.3 Å². The number of para-hydroxylation sites is 1. The minimum Gasteiger partial charge on any atom is -0.398 e. The highest BCUT2D eigenvalue weighted by atomic mass is 16.1. The molecule has 3 N–H and O–H groups in total. The predicted molar refractivity (Wildman–Crippen MR) is 76.7 cm³/mol. The van der Waals surface area contributed by atoms with Gasteiger partial charge in [0.05, 0.1) is 5.56 Å². The first kappa shape index (κ1) is 14.6. The van der Waals surface area contributed by atoms with Crippen LogP contribution in [0.3, 0.4) is 0 Å². The number of anilines is 1. The van der Waals surface area contributed by atoms with Crippen LogP contribution in [0.4, 0.5) is 5.69 Å². The number of rotatable bonds is 6. The summed E-state index contributed by atoms with van der Waals surface area (Å²) in [6, 6.07) is 5.83. The molecule has 0 bridgehead atoms. The third-order valence-electron chi connectivity index (χ3n) is 3.18. The van der Waals surface area contributed by atoms with Crippen molar-refractivity contribution in [3.8, 4) is 0 Å². The Kier molecular flexibility index (Phi) is 5.69. The molecule has 3 nitrogen and oxygen atoms in total. The zero-order chi connectivity index (χ0) is 13.5. The van der Waals surface area contributed by atoms with Crippen LogP contribution in [0, 0.1) is 6.92 Å². The Morgan fingerprint density at radius 3 is 2.44 bits per heavy atom. The molecule has 0 aromatic heterocycles. The molecule has 0 atom stereocenters. The fourth-order valence-electron chi connectivity index (χ4n) is 2.13. The SMILES string of the molecule is CCCC(CCC)NC(=O)c1cccc(C)c1N. The number of aryl methyl sites for hydroxylation is 1. The van der Waals surface area contributed by atoms with E-state index in [0.717, 1.165) is 31.2 Å². The number of nitrogens with one attached hydrogen (secondary N) is 1. The molecule has 1 amide bonds. The standard InChI is InChI=1S/C15H24N2O/c1-4-7-12(8-5-2)17-15(18)13-10-6-9-11(3)14(13)16/h6,9-10,12H,4-5,7-8,16H2,1-3H3,(H,17,18). The Balaban J connectivity index is 2.77. The normalized spacial score (nSPS) is 10.7. The van der Waals surface area contributed by atoms with E-state index in [9.17, 15) is 4.79 Å². The number of benzene rings is 1. The summed E-state index contributed by atoms with van der Waals surface area (Å²) in [6.45, 7) is 6.19. The number of hydrogen-bond acceptors (Lipinski definition) is 2. The molecule has 100 valence electrons. The van der Waals surface area contributed by atoms with Gasteiger partial charge in [0.1, 0.15) is 0 Å². The van der Waals surface area contributed by atoms with Gasteiger partial charge in [0.25, 0.3) is 5.91 Å². The molecule has 0 radical (unpaired) electrons. The van der Waals surface area contributed by atoms with Gasteiger partial charge in [-0.1, -0.05) is 38.8 Å². The van der Waals surface area contributed by atoms with Gasteiger partial charge in [-0.3, -0.25) is 4.79 Å². The Labute approximate surface area is 110 Å². The molecule has 0 heterocycles. The van der Waals surface area contributed by atoms with Gasteiger partial charge < -0.3 is 11.1 Å². The van der Waals surface area contributed by atoms with Crippen molar-refractivity contribution < 1.29 is 4.79 Å². The molecular formula is C15H24N2O. The fourth-order valence-corrected chi connectivity index (χ4v) is 2.13. The third-order valence-corrected chi connectivity index (χ3v) is 3.18. The number of carbonyl (C=O) groups is 1. The summed E-state index contributed by atoms with van der Waals surface area (Å²) < 4.78 is 0. The van der Waals surface area contributed by atoms with Crippen molar-refractivity contribution in [1.29, 1.82) is 0 Å². The lowest BCUT2D eigenvalue weighted by Crippen LogP contribution is -2.35. The van der Waals surface area contributed by atoms with E-state index in [2.05, 4.69) is 19.2 Å². The second kappa shape index (κ2) is 7.04. The van der Waals surface area contributed by atoms with Crippen molar-refractivity contribution in [3.63, 3.8) is 0 Å². The summed E-state index contributed by atoms with van der Waals surface area (Å²) in [5, 5.41) is 3.08. The second-order valence-electron chi connectivity index (χ2n) is 4.78. The van der Waals surface area contributed by atoms with Crippen molar-refractivity contribution in [1.82, 2.24) is 5.32 Å². The molecule has 1 aromatic carbocycles. The van der Waals surface area contributed by atoms with Crippen LogP contribution in [0.2, 0.25) is 0 Å². The monoisotopic (exact) mass is 248 g/mol. The molecule has 1 aromatic rings. The highest BCUT2D eigenvalue weighted by Crippen LogP contribution is 2.17. The number of carbonyl (C=O) groups excluding carboxylic acids is 1. The van der Waals surface area contributed by atoms with Gasteiger partial charge in [0, 0.05) is 11.7 Å². The maximum atomic E-state index is 12.2. The molecule has 0 saturated carbocycles. The van der Waals surface area contributed by atoms with Crippen LogP contribution in [0.15, 0.2) is 18.2 Å². The molecule has 0 aliphatic rings. The molecular weight excluding hydrogens is 224 g/mol. The quantitative estimate of drug-likeness (QED) is 0.759. The van der Waals surface area contributed by atoms with E-state index < -0.39 is 0 Å². The Morgan fingerprint density at radius 2 is 1.89 bits per heavy atom. The van der Waals surface area contributed by atoms with E-state index in [1.165, 1.54) is 0 Å². The Morgan fingerprint density at radius 1 is 1.28 bits per heavy atom. The average Bonchev–Trinajstić information content (AvgIpc) is 2.33. The molecule has 18 heavy (non-hydrogen) atoms. The number of nitrogens with two attached hydrogens (primary N) is 1. The summed E-state index contributed by atoms with van der Waals surface area (Å²) in [6.07, 6.45) is 4.19. The minimum atomic E-state index is -0.0527. The second-order valence-corrected chi connectivity index (χ2v) is 4.78. The van der Waals surface area contributed by atoms with Crippen LogP contribution in [0.1, 0.15) is 55.5 Å². The first-order chi connectivity index (χ1) is 8.60. The molecule has 1 rings (SSSR count). The molecule has 0 aliphatic heterocycles.